The van der Waals surface area contributed by atoms with Crippen molar-refractivity contribution in [3.05, 3.63) is 23.8 Å². The summed E-state index contributed by atoms with van der Waals surface area (Å²) in [6, 6.07) is 5.33. The van der Waals surface area contributed by atoms with Crippen LogP contribution in [0.3, 0.4) is 0 Å². The van der Waals surface area contributed by atoms with Gasteiger partial charge in [0.25, 0.3) is 0 Å². The van der Waals surface area contributed by atoms with Gasteiger partial charge in [-0.15, -0.1) is 0 Å². The summed E-state index contributed by atoms with van der Waals surface area (Å²) < 4.78 is 36.6. The molecule has 0 saturated heterocycles. The molecule has 0 atom stereocenters. The maximum Gasteiger partial charge on any atom is 0.211 e. The maximum atomic E-state index is 11.8. The summed E-state index contributed by atoms with van der Waals surface area (Å²) in [4.78, 5) is 0. The zero-order chi connectivity index (χ0) is 15.7. The van der Waals surface area contributed by atoms with Gasteiger partial charge < -0.3 is 14.8 Å². The van der Waals surface area contributed by atoms with Crippen molar-refractivity contribution in [2.24, 2.45) is 0 Å². The van der Waals surface area contributed by atoms with Crippen LogP contribution in [0.4, 0.5) is 0 Å². The fourth-order valence-corrected chi connectivity index (χ4v) is 2.88. The second-order valence-corrected chi connectivity index (χ2v) is 6.46. The molecule has 1 rings (SSSR count). The summed E-state index contributed by atoms with van der Waals surface area (Å²) in [5.41, 5.74) is 0.822. The van der Waals surface area contributed by atoms with E-state index in [0.717, 1.165) is 12.1 Å². The normalized spacial score (nSPS) is 11.4. The molecule has 0 radical (unpaired) electrons. The standard InChI is InChI=1S/C14H24N2O4S/c1-4-15-8-5-9-21(17,18)16-11-12-6-7-13(19-2)14(10-12)20-3/h6-7,10,15-16H,4-5,8-9,11H2,1-3H3. The van der Waals surface area contributed by atoms with Crippen LogP contribution in [0.2, 0.25) is 0 Å². The minimum Gasteiger partial charge on any atom is -0.493 e. The molecule has 0 heterocycles. The molecule has 1 aromatic carbocycles. The highest BCUT2D eigenvalue weighted by Crippen LogP contribution is 2.27. The molecule has 0 bridgehead atoms. The monoisotopic (exact) mass is 316 g/mol. The fraction of sp³-hybridized carbons (Fsp3) is 0.571. The first kappa shape index (κ1) is 17.7. The first-order valence-electron chi connectivity index (χ1n) is 6.91. The third kappa shape index (κ3) is 6.33. The van der Waals surface area contributed by atoms with E-state index in [-0.39, 0.29) is 12.3 Å². The minimum atomic E-state index is -3.26. The Morgan fingerprint density at radius 2 is 1.86 bits per heavy atom. The number of methoxy groups -OCH3 is 2. The number of sulfonamides is 1. The van der Waals surface area contributed by atoms with Gasteiger partial charge in [0.15, 0.2) is 11.5 Å². The number of ether oxygens (including phenoxy) is 2. The lowest BCUT2D eigenvalue weighted by Crippen LogP contribution is -2.28. The average Bonchev–Trinajstić information content (AvgIpc) is 2.49. The molecular formula is C14H24N2O4S. The first-order valence-corrected chi connectivity index (χ1v) is 8.56. The van der Waals surface area contributed by atoms with Crippen molar-refractivity contribution < 1.29 is 17.9 Å². The van der Waals surface area contributed by atoms with Gasteiger partial charge >= 0.3 is 0 Å². The molecule has 0 unspecified atom stereocenters. The number of rotatable bonds is 10. The van der Waals surface area contributed by atoms with Crippen LogP contribution >= 0.6 is 0 Å². The van der Waals surface area contributed by atoms with Crippen molar-refractivity contribution in [3.8, 4) is 11.5 Å². The average molecular weight is 316 g/mol. The Kier molecular flexibility index (Phi) is 7.49. The SMILES string of the molecule is CCNCCCS(=O)(=O)NCc1ccc(OC)c(OC)c1. The van der Waals surface area contributed by atoms with Gasteiger partial charge in [-0.1, -0.05) is 13.0 Å². The van der Waals surface area contributed by atoms with E-state index in [4.69, 9.17) is 9.47 Å². The topological polar surface area (TPSA) is 76.7 Å². The third-order valence-electron chi connectivity index (χ3n) is 2.96. The lowest BCUT2D eigenvalue weighted by molar-refractivity contribution is 0.354. The second kappa shape index (κ2) is 8.86. The summed E-state index contributed by atoms with van der Waals surface area (Å²) in [6.45, 7) is 3.78. The van der Waals surface area contributed by atoms with E-state index >= 15 is 0 Å². The lowest BCUT2D eigenvalue weighted by Gasteiger charge is -2.11. The highest BCUT2D eigenvalue weighted by Gasteiger charge is 2.10. The molecule has 0 aliphatic rings. The van der Waals surface area contributed by atoms with Crippen LogP contribution in [0.5, 0.6) is 11.5 Å². The van der Waals surface area contributed by atoms with Gasteiger partial charge in [0.2, 0.25) is 10.0 Å². The quantitative estimate of drug-likeness (QED) is 0.633. The smallest absolute Gasteiger partial charge is 0.211 e. The number of nitrogens with one attached hydrogen (secondary N) is 2. The van der Waals surface area contributed by atoms with Crippen LogP contribution in [-0.4, -0.2) is 41.5 Å². The van der Waals surface area contributed by atoms with E-state index in [0.29, 0.717) is 24.5 Å². The Hall–Kier alpha value is -1.31. The molecule has 1 aromatic rings. The molecule has 0 saturated carbocycles. The van der Waals surface area contributed by atoms with Crippen molar-refractivity contribution >= 4 is 10.0 Å². The van der Waals surface area contributed by atoms with Gasteiger partial charge in [-0.2, -0.15) is 0 Å². The first-order chi connectivity index (χ1) is 10.0. The summed E-state index contributed by atoms with van der Waals surface area (Å²) in [5.74, 6) is 1.32. The Morgan fingerprint density at radius 1 is 1.14 bits per heavy atom. The van der Waals surface area contributed by atoms with Crippen LogP contribution in [0.1, 0.15) is 18.9 Å². The molecule has 120 valence electrons. The molecule has 2 N–H and O–H groups in total. The van der Waals surface area contributed by atoms with E-state index in [1.165, 1.54) is 0 Å². The highest BCUT2D eigenvalue weighted by molar-refractivity contribution is 7.89. The van der Waals surface area contributed by atoms with Crippen LogP contribution in [0, 0.1) is 0 Å². The molecule has 0 amide bonds. The molecule has 0 fully saturated rings. The van der Waals surface area contributed by atoms with Crippen molar-refractivity contribution in [3.63, 3.8) is 0 Å². The van der Waals surface area contributed by atoms with Crippen molar-refractivity contribution in [1.82, 2.24) is 10.0 Å². The largest absolute Gasteiger partial charge is 0.493 e. The fourth-order valence-electron chi connectivity index (χ4n) is 1.82. The van der Waals surface area contributed by atoms with E-state index < -0.39 is 10.0 Å². The summed E-state index contributed by atoms with van der Waals surface area (Å²) in [7, 11) is -0.149. The van der Waals surface area contributed by atoms with Crippen LogP contribution < -0.4 is 19.5 Å². The van der Waals surface area contributed by atoms with Gasteiger partial charge in [0, 0.05) is 6.54 Å². The number of hydrogen-bond donors (Lipinski definition) is 2. The molecule has 0 aliphatic carbocycles. The van der Waals surface area contributed by atoms with Gasteiger partial charge in [-0.3, -0.25) is 0 Å². The number of benzene rings is 1. The Bertz CT molecular complexity index is 532. The van der Waals surface area contributed by atoms with Crippen molar-refractivity contribution in [2.45, 2.75) is 19.9 Å². The Morgan fingerprint density at radius 3 is 2.48 bits per heavy atom. The van der Waals surface area contributed by atoms with Crippen molar-refractivity contribution in [1.29, 1.82) is 0 Å². The zero-order valence-corrected chi connectivity index (χ0v) is 13.6. The van der Waals surface area contributed by atoms with E-state index in [1.807, 2.05) is 13.0 Å². The summed E-state index contributed by atoms with van der Waals surface area (Å²) in [6.07, 6.45) is 0.592. The highest BCUT2D eigenvalue weighted by atomic mass is 32.2. The third-order valence-corrected chi connectivity index (χ3v) is 4.37. The van der Waals surface area contributed by atoms with Gasteiger partial charge in [-0.25, -0.2) is 13.1 Å². The van der Waals surface area contributed by atoms with Gasteiger partial charge in [-0.05, 0) is 37.2 Å². The Balaban J connectivity index is 2.54. The van der Waals surface area contributed by atoms with Crippen LogP contribution in [-0.2, 0) is 16.6 Å². The molecule has 7 heteroatoms. The second-order valence-electron chi connectivity index (χ2n) is 4.54. The molecular weight excluding hydrogens is 292 g/mol. The van der Waals surface area contributed by atoms with E-state index in [1.54, 1.807) is 26.4 Å². The summed E-state index contributed by atoms with van der Waals surface area (Å²) in [5, 5.41) is 3.10. The van der Waals surface area contributed by atoms with Crippen LogP contribution in [0.15, 0.2) is 18.2 Å². The molecule has 0 aromatic heterocycles. The molecule has 0 spiro atoms. The molecule has 21 heavy (non-hydrogen) atoms. The Labute approximate surface area is 126 Å². The van der Waals surface area contributed by atoms with Gasteiger partial charge in [0.05, 0.1) is 20.0 Å². The van der Waals surface area contributed by atoms with Crippen LogP contribution in [0.25, 0.3) is 0 Å². The summed E-state index contributed by atoms with van der Waals surface area (Å²) >= 11 is 0. The molecule has 0 aliphatic heterocycles. The molecule has 6 nitrogen and oxygen atoms in total. The van der Waals surface area contributed by atoms with Crippen molar-refractivity contribution in [2.75, 3.05) is 33.1 Å². The van der Waals surface area contributed by atoms with E-state index in [2.05, 4.69) is 10.0 Å². The minimum absolute atomic E-state index is 0.118. The zero-order valence-electron chi connectivity index (χ0n) is 12.8. The predicted octanol–water partition coefficient (Wildman–Crippen LogP) is 1.12. The predicted molar refractivity (Wildman–Crippen MR) is 83.3 cm³/mol. The number of hydrogen-bond acceptors (Lipinski definition) is 5. The van der Waals surface area contributed by atoms with E-state index in [9.17, 15) is 8.42 Å². The maximum absolute atomic E-state index is 11.8. The lowest BCUT2D eigenvalue weighted by atomic mass is 10.2. The van der Waals surface area contributed by atoms with Gasteiger partial charge in [0.1, 0.15) is 0 Å².